The van der Waals surface area contributed by atoms with Gasteiger partial charge in [0.25, 0.3) is 0 Å². The second-order valence-corrected chi connectivity index (χ2v) is 6.00. The predicted octanol–water partition coefficient (Wildman–Crippen LogP) is 1.48. The molecule has 6 nitrogen and oxygen atoms in total. The Kier molecular flexibility index (Phi) is 5.17. The van der Waals surface area contributed by atoms with Gasteiger partial charge in [0, 0.05) is 19.9 Å². The Morgan fingerprint density at radius 3 is 2.83 bits per heavy atom. The van der Waals surface area contributed by atoms with Crippen LogP contribution >= 0.6 is 0 Å². The van der Waals surface area contributed by atoms with E-state index in [1.807, 2.05) is 48.3 Å². The molecule has 2 aromatic heterocycles. The normalized spacial score (nSPS) is 20.9. The van der Waals surface area contributed by atoms with E-state index >= 15 is 0 Å². The number of amides is 1. The molecule has 3 rings (SSSR count). The van der Waals surface area contributed by atoms with Gasteiger partial charge in [0.2, 0.25) is 5.91 Å². The van der Waals surface area contributed by atoms with E-state index in [4.69, 9.17) is 4.74 Å². The van der Waals surface area contributed by atoms with E-state index in [1.54, 1.807) is 13.3 Å². The van der Waals surface area contributed by atoms with Gasteiger partial charge in [-0.05, 0) is 37.7 Å². The third kappa shape index (κ3) is 3.77. The molecule has 0 aromatic carbocycles. The second kappa shape index (κ2) is 7.51. The van der Waals surface area contributed by atoms with Crippen LogP contribution in [0.5, 0.6) is 0 Å². The molecule has 2 atom stereocenters. The average Bonchev–Trinajstić information content (AvgIpc) is 3.02. The lowest BCUT2D eigenvalue weighted by Gasteiger charge is -2.18. The maximum Gasteiger partial charge on any atom is 0.237 e. The van der Waals surface area contributed by atoms with Crippen LogP contribution in [-0.2, 0) is 16.1 Å². The zero-order chi connectivity index (χ0) is 16.9. The molecule has 0 saturated carbocycles. The number of ether oxygens (including phenoxy) is 1. The summed E-state index contributed by atoms with van der Waals surface area (Å²) in [5.41, 5.74) is 2.44. The van der Waals surface area contributed by atoms with Gasteiger partial charge in [-0.3, -0.25) is 14.7 Å². The molecular formula is C18H22N4O2. The maximum absolute atomic E-state index is 12.4. The number of aromatic nitrogens is 2. The molecule has 1 N–H and O–H groups in total. The van der Waals surface area contributed by atoms with Crippen LogP contribution in [0.3, 0.4) is 0 Å². The third-order valence-electron chi connectivity index (χ3n) is 4.32. The Balaban J connectivity index is 1.62. The number of pyridine rings is 2. The van der Waals surface area contributed by atoms with Crippen molar-refractivity contribution in [1.82, 2.24) is 20.2 Å². The van der Waals surface area contributed by atoms with Crippen molar-refractivity contribution in [3.63, 3.8) is 0 Å². The van der Waals surface area contributed by atoms with Gasteiger partial charge in [-0.25, -0.2) is 4.98 Å². The second-order valence-electron chi connectivity index (χ2n) is 6.00. The Bertz CT molecular complexity index is 692. The molecule has 1 amide bonds. The van der Waals surface area contributed by atoms with Crippen LogP contribution in [0.4, 0.5) is 0 Å². The first-order chi connectivity index (χ1) is 11.7. The van der Waals surface area contributed by atoms with Gasteiger partial charge in [0.05, 0.1) is 35.8 Å². The van der Waals surface area contributed by atoms with Crippen molar-refractivity contribution in [2.45, 2.75) is 25.1 Å². The number of nitrogens with zero attached hydrogens (tertiary/aromatic N) is 3. The Morgan fingerprint density at radius 2 is 2.12 bits per heavy atom. The van der Waals surface area contributed by atoms with Crippen LogP contribution in [0.25, 0.3) is 11.4 Å². The molecule has 0 aliphatic carbocycles. The van der Waals surface area contributed by atoms with E-state index < -0.39 is 0 Å². The van der Waals surface area contributed by atoms with Gasteiger partial charge in [0.1, 0.15) is 0 Å². The molecule has 1 aliphatic rings. The number of nitrogens with one attached hydrogen (secondary N) is 1. The number of carbonyl (C=O) groups excluding carboxylic acids is 1. The molecule has 1 saturated heterocycles. The topological polar surface area (TPSA) is 67.3 Å². The van der Waals surface area contributed by atoms with Gasteiger partial charge in [-0.15, -0.1) is 0 Å². The van der Waals surface area contributed by atoms with Crippen molar-refractivity contribution >= 4 is 5.91 Å². The summed E-state index contributed by atoms with van der Waals surface area (Å²) in [7, 11) is 3.63. The molecule has 126 valence electrons. The van der Waals surface area contributed by atoms with Gasteiger partial charge < -0.3 is 10.1 Å². The summed E-state index contributed by atoms with van der Waals surface area (Å²) in [5, 5.41) is 2.98. The summed E-state index contributed by atoms with van der Waals surface area (Å²) in [6.07, 6.45) is 2.59. The highest BCUT2D eigenvalue weighted by atomic mass is 16.5. The van der Waals surface area contributed by atoms with Crippen molar-refractivity contribution in [3.05, 3.63) is 48.3 Å². The van der Waals surface area contributed by atoms with Crippen molar-refractivity contribution in [2.24, 2.45) is 0 Å². The lowest BCUT2D eigenvalue weighted by atomic mass is 10.2. The van der Waals surface area contributed by atoms with Crippen molar-refractivity contribution in [2.75, 3.05) is 20.7 Å². The SMILES string of the molecule is CO[C@H]1C[C@@H](C(=O)NCc2cccc(-c3ccccn3)n2)N(C)C1. The zero-order valence-electron chi connectivity index (χ0n) is 14.0. The Labute approximate surface area is 141 Å². The van der Waals surface area contributed by atoms with Gasteiger partial charge in [0.15, 0.2) is 0 Å². The van der Waals surface area contributed by atoms with E-state index in [0.29, 0.717) is 6.54 Å². The van der Waals surface area contributed by atoms with Crippen LogP contribution < -0.4 is 5.32 Å². The first-order valence-corrected chi connectivity index (χ1v) is 8.05. The minimum atomic E-state index is -0.145. The fourth-order valence-electron chi connectivity index (χ4n) is 2.96. The number of methoxy groups -OCH3 is 1. The van der Waals surface area contributed by atoms with Gasteiger partial charge in [-0.2, -0.15) is 0 Å². The fraction of sp³-hybridized carbons (Fsp3) is 0.389. The van der Waals surface area contributed by atoms with Crippen LogP contribution in [0.2, 0.25) is 0 Å². The number of carbonyl (C=O) groups is 1. The Morgan fingerprint density at radius 1 is 1.29 bits per heavy atom. The summed E-state index contributed by atoms with van der Waals surface area (Å²) < 4.78 is 5.35. The molecule has 0 spiro atoms. The van der Waals surface area contributed by atoms with E-state index in [1.165, 1.54) is 0 Å². The predicted molar refractivity (Wildman–Crippen MR) is 91.1 cm³/mol. The maximum atomic E-state index is 12.4. The molecule has 1 aliphatic heterocycles. The molecule has 1 fully saturated rings. The summed E-state index contributed by atoms with van der Waals surface area (Å²) in [6.45, 7) is 1.18. The molecule has 0 unspecified atom stereocenters. The quantitative estimate of drug-likeness (QED) is 0.901. The zero-order valence-corrected chi connectivity index (χ0v) is 14.0. The number of likely N-dealkylation sites (tertiary alicyclic amines) is 1. The van der Waals surface area contributed by atoms with Crippen LogP contribution in [0.15, 0.2) is 42.6 Å². The third-order valence-corrected chi connectivity index (χ3v) is 4.32. The number of likely N-dealkylation sites (N-methyl/N-ethyl adjacent to an activating group) is 1. The summed E-state index contributed by atoms with van der Waals surface area (Å²) in [5.74, 6) is 0.0158. The summed E-state index contributed by atoms with van der Waals surface area (Å²) in [4.78, 5) is 23.3. The van der Waals surface area contributed by atoms with Crippen LogP contribution in [0.1, 0.15) is 12.1 Å². The molecular weight excluding hydrogens is 304 g/mol. The number of rotatable bonds is 5. The fourth-order valence-corrected chi connectivity index (χ4v) is 2.96. The number of hydrogen-bond acceptors (Lipinski definition) is 5. The van der Waals surface area contributed by atoms with Crippen molar-refractivity contribution < 1.29 is 9.53 Å². The molecule has 24 heavy (non-hydrogen) atoms. The molecule has 3 heterocycles. The van der Waals surface area contributed by atoms with Crippen LogP contribution in [-0.4, -0.2) is 53.6 Å². The molecule has 6 heteroatoms. The lowest BCUT2D eigenvalue weighted by Crippen LogP contribution is -2.41. The first-order valence-electron chi connectivity index (χ1n) is 8.05. The monoisotopic (exact) mass is 326 g/mol. The van der Waals surface area contributed by atoms with Crippen LogP contribution in [0, 0.1) is 0 Å². The van der Waals surface area contributed by atoms with E-state index in [0.717, 1.165) is 30.0 Å². The highest BCUT2D eigenvalue weighted by Crippen LogP contribution is 2.18. The molecule has 2 aromatic rings. The van der Waals surface area contributed by atoms with Gasteiger partial charge in [-0.1, -0.05) is 12.1 Å². The summed E-state index contributed by atoms with van der Waals surface area (Å²) >= 11 is 0. The number of hydrogen-bond donors (Lipinski definition) is 1. The van der Waals surface area contributed by atoms with Crippen molar-refractivity contribution in [3.8, 4) is 11.4 Å². The highest BCUT2D eigenvalue weighted by Gasteiger charge is 2.34. The van der Waals surface area contributed by atoms with Crippen molar-refractivity contribution in [1.29, 1.82) is 0 Å². The van der Waals surface area contributed by atoms with E-state index in [9.17, 15) is 4.79 Å². The molecule has 0 radical (unpaired) electrons. The highest BCUT2D eigenvalue weighted by molar-refractivity contribution is 5.82. The lowest BCUT2D eigenvalue weighted by molar-refractivity contribution is -0.125. The Hall–Kier alpha value is -2.31. The van der Waals surface area contributed by atoms with E-state index in [-0.39, 0.29) is 18.1 Å². The minimum Gasteiger partial charge on any atom is -0.380 e. The first kappa shape index (κ1) is 16.5. The largest absolute Gasteiger partial charge is 0.380 e. The van der Waals surface area contributed by atoms with Gasteiger partial charge >= 0.3 is 0 Å². The smallest absolute Gasteiger partial charge is 0.237 e. The average molecular weight is 326 g/mol. The standard InChI is InChI=1S/C18H22N4O2/c1-22-12-14(24-2)10-17(22)18(23)20-11-13-6-5-8-16(21-13)15-7-3-4-9-19-15/h3-9,14,17H,10-12H2,1-2H3,(H,20,23)/t14-,17-/m0/s1. The van der Waals surface area contributed by atoms with E-state index in [2.05, 4.69) is 15.3 Å². The summed E-state index contributed by atoms with van der Waals surface area (Å²) in [6, 6.07) is 11.3. The minimum absolute atomic E-state index is 0.0158. The molecule has 0 bridgehead atoms.